The molecule has 1 aliphatic carbocycles. The van der Waals surface area contributed by atoms with Gasteiger partial charge in [0.2, 0.25) is 0 Å². The highest BCUT2D eigenvalue weighted by molar-refractivity contribution is 7.15. The van der Waals surface area contributed by atoms with Gasteiger partial charge in [-0.3, -0.25) is 0 Å². The second-order valence-corrected chi connectivity index (χ2v) is 9.99. The first-order chi connectivity index (χ1) is 14.5. The van der Waals surface area contributed by atoms with E-state index < -0.39 is 0 Å². The number of nitrogens with one attached hydrogen (secondary N) is 1. The van der Waals surface area contributed by atoms with Crippen LogP contribution in [0.25, 0.3) is 21.7 Å². The summed E-state index contributed by atoms with van der Waals surface area (Å²) < 4.78 is 0. The van der Waals surface area contributed by atoms with Crippen molar-refractivity contribution in [2.45, 2.75) is 51.1 Å². The Balaban J connectivity index is 1.30. The van der Waals surface area contributed by atoms with Crippen LogP contribution in [0.1, 0.15) is 37.6 Å². The predicted octanol–water partition coefficient (Wildman–Crippen LogP) is 4.39. The van der Waals surface area contributed by atoms with E-state index in [1.165, 1.54) is 19.3 Å². The number of hydrogen-bond donors (Lipinski definition) is 2. The molecule has 5 rings (SSSR count). The number of aromatic hydroxyl groups is 1. The van der Waals surface area contributed by atoms with Crippen molar-refractivity contribution in [2.24, 2.45) is 0 Å². The highest BCUT2D eigenvalue weighted by Gasteiger charge is 2.37. The molecule has 0 amide bonds. The highest BCUT2D eigenvalue weighted by atomic mass is 32.1. The maximum absolute atomic E-state index is 10.6. The fraction of sp³-hybridized carbons (Fsp3) is 0.435. The van der Waals surface area contributed by atoms with Gasteiger partial charge in [-0.2, -0.15) is 0 Å². The van der Waals surface area contributed by atoms with E-state index in [9.17, 15) is 5.11 Å². The van der Waals surface area contributed by atoms with Crippen LogP contribution in [0, 0.1) is 6.92 Å². The normalized spacial score (nSPS) is 21.7. The zero-order valence-corrected chi connectivity index (χ0v) is 18.2. The lowest BCUT2D eigenvalue weighted by Crippen LogP contribution is -2.52. The minimum absolute atomic E-state index is 0.147. The summed E-state index contributed by atoms with van der Waals surface area (Å²) in [4.78, 5) is 7.64. The van der Waals surface area contributed by atoms with Crippen molar-refractivity contribution < 1.29 is 5.11 Å². The largest absolute Gasteiger partial charge is 0.507 e. The van der Waals surface area contributed by atoms with Crippen LogP contribution in [0.3, 0.4) is 0 Å². The molecular formula is C23H27N5OS. The first-order valence-electron chi connectivity index (χ1n) is 10.6. The molecule has 0 spiro atoms. The Hall–Kier alpha value is -2.51. The molecule has 2 aliphatic rings. The van der Waals surface area contributed by atoms with Crippen LogP contribution >= 0.6 is 11.3 Å². The van der Waals surface area contributed by atoms with Crippen molar-refractivity contribution in [3.63, 3.8) is 0 Å². The highest BCUT2D eigenvalue weighted by Crippen LogP contribution is 2.35. The number of nitrogens with zero attached hydrogens (tertiary/aromatic N) is 4. The third kappa shape index (κ3) is 3.79. The van der Waals surface area contributed by atoms with E-state index >= 15 is 0 Å². The third-order valence-corrected chi connectivity index (χ3v) is 7.25. The van der Waals surface area contributed by atoms with Crippen LogP contribution in [0.5, 0.6) is 5.75 Å². The number of anilines is 1. The summed E-state index contributed by atoms with van der Waals surface area (Å²) >= 11 is 1.61. The Bertz CT molecular complexity index is 1050. The number of rotatable bonds is 5. The fourth-order valence-corrected chi connectivity index (χ4v) is 5.13. The second kappa shape index (κ2) is 7.63. The van der Waals surface area contributed by atoms with Gasteiger partial charge in [0.15, 0.2) is 5.82 Å². The maximum atomic E-state index is 10.6. The number of phenols is 1. The number of thiazole rings is 1. The zero-order chi connectivity index (χ0) is 20.7. The molecule has 1 aliphatic heterocycles. The smallest absolute Gasteiger partial charge is 0.151 e. The van der Waals surface area contributed by atoms with E-state index in [0.717, 1.165) is 40.8 Å². The molecule has 1 saturated carbocycles. The van der Waals surface area contributed by atoms with Crippen LogP contribution in [0.2, 0.25) is 0 Å². The minimum Gasteiger partial charge on any atom is -0.507 e. The Morgan fingerprint density at radius 3 is 2.70 bits per heavy atom. The fourth-order valence-electron chi connectivity index (χ4n) is 4.35. The van der Waals surface area contributed by atoms with Crippen LogP contribution in [-0.2, 0) is 0 Å². The number of aryl methyl sites for hydroxylation is 1. The minimum atomic E-state index is 0.147. The lowest BCUT2D eigenvalue weighted by molar-refractivity contribution is 0.253. The first kappa shape index (κ1) is 19.5. The summed E-state index contributed by atoms with van der Waals surface area (Å²) in [6.07, 6.45) is 6.91. The average molecular weight is 422 g/mol. The van der Waals surface area contributed by atoms with Crippen LogP contribution in [0.15, 0.2) is 36.5 Å². The molecule has 1 atom stereocenters. The lowest BCUT2D eigenvalue weighted by atomic mass is 9.89. The molecule has 0 bridgehead atoms. The van der Waals surface area contributed by atoms with E-state index in [1.54, 1.807) is 17.4 Å². The van der Waals surface area contributed by atoms with Gasteiger partial charge in [0, 0.05) is 36.4 Å². The Morgan fingerprint density at radius 1 is 1.20 bits per heavy atom. The summed E-state index contributed by atoms with van der Waals surface area (Å²) in [7, 11) is 0. The Kier molecular flexibility index (Phi) is 4.95. The van der Waals surface area contributed by atoms with Crippen molar-refractivity contribution in [1.82, 2.24) is 20.5 Å². The molecule has 7 heteroatoms. The molecular weight excluding hydrogens is 394 g/mol. The lowest BCUT2D eigenvalue weighted by Gasteiger charge is -2.36. The average Bonchev–Trinajstić information content (AvgIpc) is 3.32. The SMILES string of the molecule is Cc1ncc(-c2ccc(-c3ccc(N4CC[C@@](C)(NC5CCC5)C4)nn3)c(O)c2)s1. The van der Waals surface area contributed by atoms with E-state index in [1.807, 2.05) is 37.4 Å². The van der Waals surface area contributed by atoms with Gasteiger partial charge in [-0.25, -0.2) is 4.98 Å². The van der Waals surface area contributed by atoms with Gasteiger partial charge in [0.05, 0.1) is 15.6 Å². The Labute approximate surface area is 181 Å². The van der Waals surface area contributed by atoms with Crippen LogP contribution in [0.4, 0.5) is 5.82 Å². The first-order valence-corrected chi connectivity index (χ1v) is 11.4. The number of benzene rings is 1. The van der Waals surface area contributed by atoms with Crippen LogP contribution in [-0.4, -0.2) is 45.0 Å². The molecule has 2 N–H and O–H groups in total. The van der Waals surface area contributed by atoms with E-state index in [2.05, 4.69) is 32.3 Å². The Morgan fingerprint density at radius 2 is 2.07 bits per heavy atom. The van der Waals surface area contributed by atoms with E-state index in [0.29, 0.717) is 17.3 Å². The van der Waals surface area contributed by atoms with Crippen LogP contribution < -0.4 is 10.2 Å². The van der Waals surface area contributed by atoms with Gasteiger partial charge >= 0.3 is 0 Å². The van der Waals surface area contributed by atoms with Gasteiger partial charge in [-0.1, -0.05) is 12.5 Å². The standard InChI is InChI=1S/C23H27N5OS/c1-15-24-13-21(30-15)16-6-7-18(20(29)12-16)19-8-9-22(27-26-19)28-11-10-23(2,14-28)25-17-4-3-5-17/h6-9,12-13,17,25,29H,3-5,10-11,14H2,1-2H3/t23-/m1/s1. The second-order valence-electron chi connectivity index (χ2n) is 8.76. The molecule has 3 heterocycles. The monoisotopic (exact) mass is 421 g/mol. The topological polar surface area (TPSA) is 74.2 Å². The number of phenolic OH excluding ortho intramolecular Hbond substituents is 1. The summed E-state index contributed by atoms with van der Waals surface area (Å²) in [5, 5.41) is 24.3. The number of hydrogen-bond acceptors (Lipinski definition) is 7. The number of aromatic nitrogens is 3. The van der Waals surface area contributed by atoms with Crippen molar-refractivity contribution in [2.75, 3.05) is 18.0 Å². The van der Waals surface area contributed by atoms with Crippen molar-refractivity contribution in [3.05, 3.63) is 41.5 Å². The molecule has 1 aromatic carbocycles. The quantitative estimate of drug-likeness (QED) is 0.636. The van der Waals surface area contributed by atoms with Gasteiger partial charge in [0.1, 0.15) is 5.75 Å². The summed E-state index contributed by atoms with van der Waals surface area (Å²) in [5.41, 5.74) is 2.48. The van der Waals surface area contributed by atoms with Gasteiger partial charge in [-0.15, -0.1) is 21.5 Å². The van der Waals surface area contributed by atoms with Gasteiger partial charge in [-0.05, 0) is 62.9 Å². The molecule has 0 radical (unpaired) electrons. The zero-order valence-electron chi connectivity index (χ0n) is 17.4. The summed E-state index contributed by atoms with van der Waals surface area (Å²) in [5.74, 6) is 1.10. The summed E-state index contributed by atoms with van der Waals surface area (Å²) in [6.45, 7) is 6.23. The molecule has 156 valence electrons. The van der Waals surface area contributed by atoms with E-state index in [-0.39, 0.29) is 11.3 Å². The molecule has 2 fully saturated rings. The molecule has 1 saturated heterocycles. The van der Waals surface area contributed by atoms with Gasteiger partial charge in [0.25, 0.3) is 0 Å². The van der Waals surface area contributed by atoms with Crippen molar-refractivity contribution >= 4 is 17.2 Å². The van der Waals surface area contributed by atoms with E-state index in [4.69, 9.17) is 0 Å². The van der Waals surface area contributed by atoms with Gasteiger partial charge < -0.3 is 15.3 Å². The molecule has 2 aromatic heterocycles. The molecule has 3 aromatic rings. The van der Waals surface area contributed by atoms with Crippen molar-refractivity contribution in [1.29, 1.82) is 0 Å². The predicted molar refractivity (Wildman–Crippen MR) is 121 cm³/mol. The molecule has 0 unspecified atom stereocenters. The molecule has 6 nitrogen and oxygen atoms in total. The summed E-state index contributed by atoms with van der Waals surface area (Å²) in [6, 6.07) is 10.3. The molecule has 30 heavy (non-hydrogen) atoms. The van der Waals surface area contributed by atoms with Crippen molar-refractivity contribution in [3.8, 4) is 27.4 Å². The third-order valence-electron chi connectivity index (χ3n) is 6.29. The maximum Gasteiger partial charge on any atom is 0.151 e.